The standard InChI is InChI=1S/C17H18BrN3O3/c1-10-3-4-11(2)13(7-10)15(22)5-6-16(23)20-21-17(24)14-8-12(18)9-19-14/h3-4,7-9,19H,5-6H2,1-2H3,(H,20,23)(H,21,24). The number of Topliss-reactive ketones (excluding diaryl/α,β-unsaturated/α-hetero) is 1. The summed E-state index contributed by atoms with van der Waals surface area (Å²) in [4.78, 5) is 38.5. The van der Waals surface area contributed by atoms with Crippen LogP contribution in [0, 0.1) is 13.8 Å². The Balaban J connectivity index is 1.81. The molecule has 1 aromatic carbocycles. The first-order valence-electron chi connectivity index (χ1n) is 7.40. The number of aromatic nitrogens is 1. The molecule has 0 unspecified atom stereocenters. The number of aromatic amines is 1. The first kappa shape index (κ1) is 17.9. The predicted molar refractivity (Wildman–Crippen MR) is 93.6 cm³/mol. The number of hydrazine groups is 1. The number of carbonyl (C=O) groups is 3. The molecule has 2 rings (SSSR count). The Morgan fingerprint density at radius 2 is 1.83 bits per heavy atom. The Morgan fingerprint density at radius 3 is 2.50 bits per heavy atom. The van der Waals surface area contributed by atoms with Crippen LogP contribution < -0.4 is 10.9 Å². The van der Waals surface area contributed by atoms with Crippen LogP contribution in [0.4, 0.5) is 0 Å². The fraction of sp³-hybridized carbons (Fsp3) is 0.235. The fourth-order valence-electron chi connectivity index (χ4n) is 2.15. The quantitative estimate of drug-likeness (QED) is 0.540. The second kappa shape index (κ2) is 7.92. The van der Waals surface area contributed by atoms with E-state index < -0.39 is 11.8 Å². The first-order chi connectivity index (χ1) is 11.4. The van der Waals surface area contributed by atoms with E-state index in [0.29, 0.717) is 11.3 Å². The Morgan fingerprint density at radius 1 is 1.08 bits per heavy atom. The highest BCUT2D eigenvalue weighted by Gasteiger charge is 2.13. The summed E-state index contributed by atoms with van der Waals surface area (Å²) >= 11 is 3.22. The molecular formula is C17H18BrN3O3. The summed E-state index contributed by atoms with van der Waals surface area (Å²) in [5.41, 5.74) is 7.42. The van der Waals surface area contributed by atoms with Crippen LogP contribution in [0.25, 0.3) is 0 Å². The molecule has 0 aliphatic rings. The van der Waals surface area contributed by atoms with Gasteiger partial charge in [-0.1, -0.05) is 17.7 Å². The number of nitrogens with one attached hydrogen (secondary N) is 3. The molecule has 7 heteroatoms. The molecule has 2 aromatic rings. The highest BCUT2D eigenvalue weighted by atomic mass is 79.9. The van der Waals surface area contributed by atoms with Crippen molar-refractivity contribution < 1.29 is 14.4 Å². The van der Waals surface area contributed by atoms with Crippen molar-refractivity contribution in [3.05, 3.63) is 57.3 Å². The molecule has 0 saturated carbocycles. The van der Waals surface area contributed by atoms with Gasteiger partial charge in [0.15, 0.2) is 5.78 Å². The predicted octanol–water partition coefficient (Wildman–Crippen LogP) is 2.82. The lowest BCUT2D eigenvalue weighted by Crippen LogP contribution is -2.41. The van der Waals surface area contributed by atoms with Gasteiger partial charge in [-0.05, 0) is 47.5 Å². The van der Waals surface area contributed by atoms with E-state index in [4.69, 9.17) is 0 Å². The second-order valence-electron chi connectivity index (χ2n) is 5.48. The number of amides is 2. The number of ketones is 1. The number of H-pyrrole nitrogens is 1. The molecule has 0 atom stereocenters. The number of halogens is 1. The molecule has 0 spiro atoms. The molecule has 1 aromatic heterocycles. The van der Waals surface area contributed by atoms with Crippen LogP contribution in [-0.2, 0) is 4.79 Å². The van der Waals surface area contributed by atoms with E-state index in [-0.39, 0.29) is 18.6 Å². The Hall–Kier alpha value is -2.41. The molecule has 2 amide bonds. The van der Waals surface area contributed by atoms with E-state index in [2.05, 4.69) is 31.8 Å². The van der Waals surface area contributed by atoms with Gasteiger partial charge in [-0.15, -0.1) is 0 Å². The normalized spacial score (nSPS) is 10.3. The molecular weight excluding hydrogens is 374 g/mol. The van der Waals surface area contributed by atoms with Crippen LogP contribution in [0.2, 0.25) is 0 Å². The maximum absolute atomic E-state index is 12.2. The summed E-state index contributed by atoms with van der Waals surface area (Å²) < 4.78 is 0.734. The van der Waals surface area contributed by atoms with Crippen LogP contribution in [0.3, 0.4) is 0 Å². The number of hydrogen-bond donors (Lipinski definition) is 3. The third-order valence-electron chi connectivity index (χ3n) is 3.48. The maximum Gasteiger partial charge on any atom is 0.286 e. The topological polar surface area (TPSA) is 91.1 Å². The van der Waals surface area contributed by atoms with Gasteiger partial charge in [-0.25, -0.2) is 0 Å². The number of rotatable bonds is 5. The van der Waals surface area contributed by atoms with Crippen molar-refractivity contribution in [3.8, 4) is 0 Å². The van der Waals surface area contributed by atoms with Crippen LogP contribution in [-0.4, -0.2) is 22.6 Å². The average Bonchev–Trinajstić information content (AvgIpc) is 2.99. The zero-order valence-electron chi connectivity index (χ0n) is 13.4. The molecule has 0 aliphatic heterocycles. The van der Waals surface area contributed by atoms with Crippen LogP contribution in [0.1, 0.15) is 44.8 Å². The largest absolute Gasteiger partial charge is 0.356 e. The maximum atomic E-state index is 12.2. The van der Waals surface area contributed by atoms with E-state index in [0.717, 1.165) is 15.6 Å². The minimum absolute atomic E-state index is 0.000909. The lowest BCUT2D eigenvalue weighted by atomic mass is 9.99. The Kier molecular flexibility index (Phi) is 5.92. The minimum Gasteiger partial charge on any atom is -0.356 e. The van der Waals surface area contributed by atoms with Crippen molar-refractivity contribution >= 4 is 33.5 Å². The van der Waals surface area contributed by atoms with Crippen LogP contribution >= 0.6 is 15.9 Å². The molecule has 6 nitrogen and oxygen atoms in total. The smallest absolute Gasteiger partial charge is 0.286 e. The van der Waals surface area contributed by atoms with Crippen molar-refractivity contribution in [1.82, 2.24) is 15.8 Å². The molecule has 24 heavy (non-hydrogen) atoms. The van der Waals surface area contributed by atoms with Crippen molar-refractivity contribution in [2.45, 2.75) is 26.7 Å². The SMILES string of the molecule is Cc1ccc(C)c(C(=O)CCC(=O)NNC(=O)c2cc(Br)c[nH]2)c1. The van der Waals surface area contributed by atoms with Crippen molar-refractivity contribution in [1.29, 1.82) is 0 Å². The van der Waals surface area contributed by atoms with Gasteiger partial charge >= 0.3 is 0 Å². The van der Waals surface area contributed by atoms with Gasteiger partial charge in [-0.2, -0.15) is 0 Å². The summed E-state index contributed by atoms with van der Waals surface area (Å²) in [5.74, 6) is -0.978. The van der Waals surface area contributed by atoms with Gasteiger partial charge < -0.3 is 4.98 Å². The molecule has 1 heterocycles. The first-order valence-corrected chi connectivity index (χ1v) is 8.19. The zero-order chi connectivity index (χ0) is 17.7. The summed E-state index contributed by atoms with van der Waals surface area (Å²) in [6.45, 7) is 3.78. The number of aryl methyl sites for hydroxylation is 2. The van der Waals surface area contributed by atoms with Gasteiger partial charge in [0, 0.05) is 29.1 Å². The Labute approximate surface area is 148 Å². The summed E-state index contributed by atoms with van der Waals surface area (Å²) in [5, 5.41) is 0. The van der Waals surface area contributed by atoms with Crippen molar-refractivity contribution in [3.63, 3.8) is 0 Å². The highest BCUT2D eigenvalue weighted by Crippen LogP contribution is 2.14. The van der Waals surface area contributed by atoms with Gasteiger partial charge in [0.2, 0.25) is 5.91 Å². The zero-order valence-corrected chi connectivity index (χ0v) is 15.0. The summed E-state index contributed by atoms with van der Waals surface area (Å²) in [6.07, 6.45) is 1.69. The van der Waals surface area contributed by atoms with Gasteiger partial charge in [0.25, 0.3) is 5.91 Å². The van der Waals surface area contributed by atoms with Crippen molar-refractivity contribution in [2.75, 3.05) is 0 Å². The van der Waals surface area contributed by atoms with Crippen LogP contribution in [0.15, 0.2) is 34.9 Å². The minimum atomic E-state index is -0.463. The fourth-order valence-corrected chi connectivity index (χ4v) is 2.50. The average molecular weight is 392 g/mol. The highest BCUT2D eigenvalue weighted by molar-refractivity contribution is 9.10. The lowest BCUT2D eigenvalue weighted by Gasteiger charge is -2.08. The van der Waals surface area contributed by atoms with Gasteiger partial charge in [0.1, 0.15) is 5.69 Å². The number of carbonyl (C=O) groups excluding carboxylic acids is 3. The van der Waals surface area contributed by atoms with E-state index in [1.807, 2.05) is 32.0 Å². The monoisotopic (exact) mass is 391 g/mol. The van der Waals surface area contributed by atoms with E-state index in [9.17, 15) is 14.4 Å². The van der Waals surface area contributed by atoms with Gasteiger partial charge in [-0.3, -0.25) is 25.2 Å². The van der Waals surface area contributed by atoms with E-state index in [1.165, 1.54) is 0 Å². The molecule has 3 N–H and O–H groups in total. The van der Waals surface area contributed by atoms with Crippen LogP contribution in [0.5, 0.6) is 0 Å². The molecule has 0 fully saturated rings. The molecule has 0 aliphatic carbocycles. The second-order valence-corrected chi connectivity index (χ2v) is 6.39. The van der Waals surface area contributed by atoms with Crippen molar-refractivity contribution in [2.24, 2.45) is 0 Å². The summed E-state index contributed by atoms with van der Waals surface area (Å²) in [6, 6.07) is 7.23. The van der Waals surface area contributed by atoms with E-state index >= 15 is 0 Å². The third-order valence-corrected chi connectivity index (χ3v) is 3.94. The third kappa shape index (κ3) is 4.79. The number of benzene rings is 1. The molecule has 0 bridgehead atoms. The molecule has 0 radical (unpaired) electrons. The summed E-state index contributed by atoms with van der Waals surface area (Å²) in [7, 11) is 0. The molecule has 126 valence electrons. The van der Waals surface area contributed by atoms with Gasteiger partial charge in [0.05, 0.1) is 0 Å². The molecule has 0 saturated heterocycles. The van der Waals surface area contributed by atoms with E-state index in [1.54, 1.807) is 12.3 Å². The lowest BCUT2D eigenvalue weighted by molar-refractivity contribution is -0.121. The Bertz CT molecular complexity index is 783. The number of hydrogen-bond acceptors (Lipinski definition) is 3.